The van der Waals surface area contributed by atoms with Crippen LogP contribution in [0.4, 0.5) is 0 Å². The fourth-order valence-electron chi connectivity index (χ4n) is 1.98. The second-order valence-electron chi connectivity index (χ2n) is 4.91. The lowest BCUT2D eigenvalue weighted by atomic mass is 10.1. The third kappa shape index (κ3) is 2.79. The lowest BCUT2D eigenvalue weighted by Gasteiger charge is -1.94. The number of nitrogens with zero attached hydrogens (tertiary/aromatic N) is 5. The van der Waals surface area contributed by atoms with E-state index in [9.17, 15) is 5.26 Å². The van der Waals surface area contributed by atoms with Gasteiger partial charge in [0, 0.05) is 24.4 Å². The first-order chi connectivity index (χ1) is 10.7. The number of allylic oxidation sites excluding steroid dienone is 1. The SMILES string of the molecule is Cc1ccc(-c2noc(C(C#N)=Cc3cnn(C)c3)n2)cc1. The van der Waals surface area contributed by atoms with E-state index in [-0.39, 0.29) is 5.89 Å². The van der Waals surface area contributed by atoms with Crippen LogP contribution in [0, 0.1) is 18.3 Å². The summed E-state index contributed by atoms with van der Waals surface area (Å²) in [5.41, 5.74) is 3.11. The zero-order chi connectivity index (χ0) is 15.5. The molecule has 108 valence electrons. The first-order valence-corrected chi connectivity index (χ1v) is 6.67. The van der Waals surface area contributed by atoms with Crippen molar-refractivity contribution in [1.29, 1.82) is 5.26 Å². The first-order valence-electron chi connectivity index (χ1n) is 6.67. The van der Waals surface area contributed by atoms with Crippen molar-refractivity contribution in [2.45, 2.75) is 6.92 Å². The summed E-state index contributed by atoms with van der Waals surface area (Å²) >= 11 is 0. The summed E-state index contributed by atoms with van der Waals surface area (Å²) in [7, 11) is 1.81. The topological polar surface area (TPSA) is 80.5 Å². The van der Waals surface area contributed by atoms with Crippen molar-refractivity contribution in [3.63, 3.8) is 0 Å². The maximum absolute atomic E-state index is 9.29. The van der Waals surface area contributed by atoms with Gasteiger partial charge < -0.3 is 4.52 Å². The molecular weight excluding hydrogens is 278 g/mol. The summed E-state index contributed by atoms with van der Waals surface area (Å²) in [5.74, 6) is 0.657. The van der Waals surface area contributed by atoms with E-state index < -0.39 is 0 Å². The Kier molecular flexibility index (Phi) is 3.54. The minimum atomic E-state index is 0.196. The van der Waals surface area contributed by atoms with Crippen molar-refractivity contribution in [3.05, 3.63) is 53.7 Å². The van der Waals surface area contributed by atoms with Crippen LogP contribution in [0.1, 0.15) is 17.0 Å². The van der Waals surface area contributed by atoms with Gasteiger partial charge in [0.2, 0.25) is 5.82 Å². The molecule has 3 rings (SSSR count). The van der Waals surface area contributed by atoms with Gasteiger partial charge in [-0.15, -0.1) is 0 Å². The van der Waals surface area contributed by atoms with Gasteiger partial charge in [-0.25, -0.2) is 0 Å². The quantitative estimate of drug-likeness (QED) is 0.693. The molecule has 6 heteroatoms. The van der Waals surface area contributed by atoms with E-state index in [1.54, 1.807) is 23.2 Å². The Labute approximate surface area is 127 Å². The van der Waals surface area contributed by atoms with E-state index in [2.05, 4.69) is 21.3 Å². The molecule has 0 radical (unpaired) electrons. The molecule has 0 aliphatic heterocycles. The second-order valence-corrected chi connectivity index (χ2v) is 4.91. The van der Waals surface area contributed by atoms with Gasteiger partial charge in [-0.05, 0) is 13.0 Å². The second kappa shape index (κ2) is 5.66. The van der Waals surface area contributed by atoms with Crippen LogP contribution in [0.25, 0.3) is 23.0 Å². The summed E-state index contributed by atoms with van der Waals surface area (Å²) < 4.78 is 6.86. The van der Waals surface area contributed by atoms with Crippen molar-refractivity contribution >= 4 is 11.6 Å². The van der Waals surface area contributed by atoms with Crippen LogP contribution in [0.5, 0.6) is 0 Å². The number of benzene rings is 1. The Bertz CT molecular complexity index is 865. The zero-order valence-corrected chi connectivity index (χ0v) is 12.2. The predicted octanol–water partition coefficient (Wildman–Crippen LogP) is 2.84. The van der Waals surface area contributed by atoms with Gasteiger partial charge in [-0.2, -0.15) is 15.3 Å². The molecule has 0 saturated heterocycles. The van der Waals surface area contributed by atoms with Crippen LogP contribution < -0.4 is 0 Å². The molecular formula is C16H13N5O. The Hall–Kier alpha value is -3.20. The molecule has 0 aliphatic carbocycles. The number of hydrogen-bond acceptors (Lipinski definition) is 5. The van der Waals surface area contributed by atoms with E-state index in [4.69, 9.17) is 4.52 Å². The monoisotopic (exact) mass is 291 g/mol. The molecule has 2 aromatic heterocycles. The van der Waals surface area contributed by atoms with Gasteiger partial charge in [-0.1, -0.05) is 35.0 Å². The maximum atomic E-state index is 9.29. The average Bonchev–Trinajstić information content (AvgIpc) is 3.15. The van der Waals surface area contributed by atoms with E-state index in [0.29, 0.717) is 11.4 Å². The van der Waals surface area contributed by atoms with Crippen LogP contribution in [0.2, 0.25) is 0 Å². The van der Waals surface area contributed by atoms with Crippen molar-refractivity contribution in [2.75, 3.05) is 0 Å². The molecule has 0 N–H and O–H groups in total. The molecule has 6 nitrogen and oxygen atoms in total. The third-order valence-corrected chi connectivity index (χ3v) is 3.12. The number of hydrogen-bond donors (Lipinski definition) is 0. The number of nitriles is 1. The molecule has 22 heavy (non-hydrogen) atoms. The Morgan fingerprint density at radius 1 is 1.32 bits per heavy atom. The van der Waals surface area contributed by atoms with Crippen molar-refractivity contribution < 1.29 is 4.52 Å². The number of aromatic nitrogens is 4. The minimum absolute atomic E-state index is 0.196. The van der Waals surface area contributed by atoms with Crippen LogP contribution in [0.15, 0.2) is 41.2 Å². The zero-order valence-electron chi connectivity index (χ0n) is 12.2. The third-order valence-electron chi connectivity index (χ3n) is 3.12. The molecule has 0 spiro atoms. The molecule has 0 amide bonds. The summed E-state index contributed by atoms with van der Waals surface area (Å²) in [4.78, 5) is 4.29. The van der Waals surface area contributed by atoms with Crippen molar-refractivity contribution in [1.82, 2.24) is 19.9 Å². The Morgan fingerprint density at radius 2 is 2.09 bits per heavy atom. The van der Waals surface area contributed by atoms with E-state index >= 15 is 0 Å². The summed E-state index contributed by atoms with van der Waals surface area (Å²) in [6.45, 7) is 2.01. The lowest BCUT2D eigenvalue weighted by molar-refractivity contribution is 0.409. The van der Waals surface area contributed by atoms with Crippen LogP contribution >= 0.6 is 0 Å². The fourth-order valence-corrected chi connectivity index (χ4v) is 1.98. The number of aryl methyl sites for hydroxylation is 2. The molecule has 0 saturated carbocycles. The Morgan fingerprint density at radius 3 is 2.73 bits per heavy atom. The summed E-state index contributed by atoms with van der Waals surface area (Å²) in [6, 6.07) is 9.86. The molecule has 2 heterocycles. The van der Waals surface area contributed by atoms with E-state index in [0.717, 1.165) is 16.7 Å². The van der Waals surface area contributed by atoms with Gasteiger partial charge in [0.05, 0.1) is 6.20 Å². The predicted molar refractivity (Wildman–Crippen MR) is 81.2 cm³/mol. The van der Waals surface area contributed by atoms with Crippen LogP contribution in [-0.4, -0.2) is 19.9 Å². The molecule has 0 atom stereocenters. The summed E-state index contributed by atoms with van der Waals surface area (Å²) in [5, 5.41) is 17.3. The van der Waals surface area contributed by atoms with Gasteiger partial charge >= 0.3 is 0 Å². The van der Waals surface area contributed by atoms with E-state index in [1.807, 2.05) is 38.2 Å². The number of rotatable bonds is 3. The fraction of sp³-hybridized carbons (Fsp3) is 0.125. The lowest BCUT2D eigenvalue weighted by Crippen LogP contribution is -1.85. The van der Waals surface area contributed by atoms with Crippen molar-refractivity contribution in [2.24, 2.45) is 7.05 Å². The van der Waals surface area contributed by atoms with Gasteiger partial charge in [0.25, 0.3) is 5.89 Å². The first kappa shape index (κ1) is 13.8. The summed E-state index contributed by atoms with van der Waals surface area (Å²) in [6.07, 6.45) is 5.13. The van der Waals surface area contributed by atoms with Gasteiger partial charge in [-0.3, -0.25) is 4.68 Å². The van der Waals surface area contributed by atoms with Gasteiger partial charge in [0.1, 0.15) is 11.6 Å². The van der Waals surface area contributed by atoms with Crippen molar-refractivity contribution in [3.8, 4) is 17.5 Å². The largest absolute Gasteiger partial charge is 0.333 e. The van der Waals surface area contributed by atoms with Crippen LogP contribution in [-0.2, 0) is 7.05 Å². The molecule has 0 unspecified atom stereocenters. The minimum Gasteiger partial charge on any atom is -0.333 e. The highest BCUT2D eigenvalue weighted by molar-refractivity contribution is 5.86. The molecule has 0 fully saturated rings. The molecule has 0 aliphatic rings. The standard InChI is InChI=1S/C16H13N5O/c1-11-3-5-13(6-4-11)15-19-16(22-20-15)14(8-17)7-12-9-18-21(2)10-12/h3-7,9-10H,1-2H3. The van der Waals surface area contributed by atoms with Gasteiger partial charge in [0.15, 0.2) is 0 Å². The smallest absolute Gasteiger partial charge is 0.268 e. The highest BCUT2D eigenvalue weighted by atomic mass is 16.5. The molecule has 1 aromatic carbocycles. The highest BCUT2D eigenvalue weighted by Gasteiger charge is 2.13. The normalized spacial score (nSPS) is 11.4. The van der Waals surface area contributed by atoms with E-state index in [1.165, 1.54) is 0 Å². The Balaban J connectivity index is 1.93. The highest BCUT2D eigenvalue weighted by Crippen LogP contribution is 2.21. The molecule has 0 bridgehead atoms. The van der Waals surface area contributed by atoms with Crippen LogP contribution in [0.3, 0.4) is 0 Å². The molecule has 3 aromatic rings. The average molecular weight is 291 g/mol. The maximum Gasteiger partial charge on any atom is 0.268 e.